The van der Waals surface area contributed by atoms with Crippen LogP contribution in [0.2, 0.25) is 0 Å². The molecule has 1 aliphatic rings. The Labute approximate surface area is 149 Å². The van der Waals surface area contributed by atoms with E-state index in [2.05, 4.69) is 20.5 Å². The van der Waals surface area contributed by atoms with Crippen molar-refractivity contribution in [3.63, 3.8) is 0 Å². The molecule has 1 aliphatic heterocycles. The van der Waals surface area contributed by atoms with E-state index < -0.39 is 0 Å². The van der Waals surface area contributed by atoms with Crippen LogP contribution in [-0.4, -0.2) is 37.6 Å². The molecule has 1 aromatic carbocycles. The van der Waals surface area contributed by atoms with Crippen LogP contribution in [0.3, 0.4) is 0 Å². The van der Waals surface area contributed by atoms with Crippen LogP contribution in [0.5, 0.6) is 0 Å². The second-order valence-electron chi connectivity index (χ2n) is 5.99. The van der Waals surface area contributed by atoms with Gasteiger partial charge in [0.25, 0.3) is 0 Å². The summed E-state index contributed by atoms with van der Waals surface area (Å²) < 4.78 is 0. The summed E-state index contributed by atoms with van der Waals surface area (Å²) >= 11 is 1.31. The van der Waals surface area contributed by atoms with Gasteiger partial charge in [-0.3, -0.25) is 5.32 Å². The minimum absolute atomic E-state index is 0.0518. The topological polar surface area (TPSA) is 86.8 Å². The first-order chi connectivity index (χ1) is 12.2. The first-order valence-corrected chi connectivity index (χ1v) is 9.06. The molecule has 1 saturated heterocycles. The number of aromatic amines is 1. The second-order valence-corrected chi connectivity index (χ2v) is 6.82. The number of aromatic nitrogens is 4. The Morgan fingerprint density at radius 2 is 2.20 bits per heavy atom. The minimum atomic E-state index is -0.158. The van der Waals surface area contributed by atoms with Crippen molar-refractivity contribution < 1.29 is 4.79 Å². The van der Waals surface area contributed by atoms with Crippen LogP contribution in [0.4, 0.5) is 9.93 Å². The highest BCUT2D eigenvalue weighted by Crippen LogP contribution is 2.33. The maximum Gasteiger partial charge on any atom is 0.324 e. The van der Waals surface area contributed by atoms with Gasteiger partial charge in [-0.25, -0.2) is 9.78 Å². The first kappa shape index (κ1) is 15.8. The molecule has 25 heavy (non-hydrogen) atoms. The molecule has 2 amide bonds. The van der Waals surface area contributed by atoms with Gasteiger partial charge in [-0.15, -0.1) is 10.2 Å². The molecule has 0 bridgehead atoms. The number of amides is 2. The van der Waals surface area contributed by atoms with Crippen LogP contribution in [-0.2, 0) is 0 Å². The highest BCUT2D eigenvalue weighted by molar-refractivity contribution is 7.13. The monoisotopic (exact) mass is 354 g/mol. The Balaban J connectivity index is 1.57. The van der Waals surface area contributed by atoms with E-state index in [0.29, 0.717) is 11.7 Å². The van der Waals surface area contributed by atoms with Gasteiger partial charge in [-0.2, -0.15) is 0 Å². The van der Waals surface area contributed by atoms with Crippen molar-refractivity contribution in [2.75, 3.05) is 11.9 Å². The fourth-order valence-electron chi connectivity index (χ4n) is 3.20. The van der Waals surface area contributed by atoms with E-state index in [0.717, 1.165) is 35.6 Å². The average Bonchev–Trinajstić information content (AvgIpc) is 3.35. The van der Waals surface area contributed by atoms with Crippen molar-refractivity contribution in [1.29, 1.82) is 0 Å². The number of carbonyl (C=O) groups excluding carboxylic acids is 1. The van der Waals surface area contributed by atoms with Crippen LogP contribution in [0.1, 0.15) is 30.4 Å². The number of benzene rings is 1. The average molecular weight is 354 g/mol. The zero-order valence-electron chi connectivity index (χ0n) is 13.8. The van der Waals surface area contributed by atoms with E-state index in [-0.39, 0.29) is 12.1 Å². The number of nitrogens with zero attached hydrogens (tertiary/aromatic N) is 4. The summed E-state index contributed by atoms with van der Waals surface area (Å²) in [5.74, 6) is 0.835. The van der Waals surface area contributed by atoms with E-state index in [1.807, 2.05) is 42.2 Å². The van der Waals surface area contributed by atoms with Crippen LogP contribution in [0.15, 0.2) is 35.8 Å². The van der Waals surface area contributed by atoms with Gasteiger partial charge in [0, 0.05) is 17.8 Å². The van der Waals surface area contributed by atoms with E-state index in [4.69, 9.17) is 4.98 Å². The van der Waals surface area contributed by atoms with Gasteiger partial charge in [-0.1, -0.05) is 41.7 Å². The summed E-state index contributed by atoms with van der Waals surface area (Å²) in [6.07, 6.45) is 1.85. The summed E-state index contributed by atoms with van der Waals surface area (Å²) in [5, 5.41) is 10.9. The molecular weight excluding hydrogens is 336 g/mol. The summed E-state index contributed by atoms with van der Waals surface area (Å²) in [6, 6.07) is 9.87. The molecule has 2 N–H and O–H groups in total. The SMILES string of the molecule is Cc1[nH]c([C@H]2CCCN2C(=O)Nc2nncs2)nc1-c1ccccc1. The first-order valence-electron chi connectivity index (χ1n) is 8.18. The van der Waals surface area contributed by atoms with Crippen molar-refractivity contribution in [2.45, 2.75) is 25.8 Å². The highest BCUT2D eigenvalue weighted by Gasteiger charge is 2.33. The number of imidazole rings is 1. The van der Waals surface area contributed by atoms with Crippen molar-refractivity contribution >= 4 is 22.5 Å². The van der Waals surface area contributed by atoms with Crippen LogP contribution in [0, 0.1) is 6.92 Å². The van der Waals surface area contributed by atoms with Crippen molar-refractivity contribution in [3.8, 4) is 11.3 Å². The van der Waals surface area contributed by atoms with Crippen LogP contribution in [0.25, 0.3) is 11.3 Å². The molecule has 1 fully saturated rings. The van der Waals surface area contributed by atoms with E-state index in [9.17, 15) is 4.79 Å². The number of urea groups is 1. The molecule has 0 aliphatic carbocycles. The van der Waals surface area contributed by atoms with Crippen molar-refractivity contribution in [1.82, 2.24) is 25.1 Å². The fraction of sp³-hybridized carbons (Fsp3) is 0.294. The fourth-order valence-corrected chi connectivity index (χ4v) is 3.64. The largest absolute Gasteiger partial charge is 0.344 e. The number of hydrogen-bond acceptors (Lipinski definition) is 5. The van der Waals surface area contributed by atoms with Crippen LogP contribution >= 0.6 is 11.3 Å². The molecule has 0 unspecified atom stereocenters. The number of nitrogens with one attached hydrogen (secondary N) is 2. The lowest BCUT2D eigenvalue weighted by Crippen LogP contribution is -2.34. The van der Waals surface area contributed by atoms with Crippen LogP contribution < -0.4 is 5.32 Å². The zero-order chi connectivity index (χ0) is 17.2. The highest BCUT2D eigenvalue weighted by atomic mass is 32.1. The summed E-state index contributed by atoms with van der Waals surface area (Å²) in [4.78, 5) is 22.5. The smallest absolute Gasteiger partial charge is 0.324 e. The normalized spacial score (nSPS) is 17.0. The molecule has 8 heteroatoms. The lowest BCUT2D eigenvalue weighted by molar-refractivity contribution is 0.205. The minimum Gasteiger partial charge on any atom is -0.344 e. The van der Waals surface area contributed by atoms with Gasteiger partial charge in [0.15, 0.2) is 0 Å². The molecule has 7 nitrogen and oxygen atoms in total. The maximum atomic E-state index is 12.6. The molecule has 4 rings (SSSR count). The van der Waals surface area contributed by atoms with Gasteiger partial charge in [0.1, 0.15) is 11.3 Å². The number of carbonyl (C=O) groups is 1. The molecular formula is C17H18N6OS. The zero-order valence-corrected chi connectivity index (χ0v) is 14.6. The third kappa shape index (κ3) is 3.12. The van der Waals surface area contributed by atoms with Crippen molar-refractivity contribution in [2.24, 2.45) is 0 Å². The number of H-pyrrole nitrogens is 1. The third-order valence-corrected chi connectivity index (χ3v) is 4.96. The molecule has 3 heterocycles. The Morgan fingerprint density at radius 1 is 1.36 bits per heavy atom. The number of rotatable bonds is 3. The molecule has 3 aromatic rings. The predicted octanol–water partition coefficient (Wildman–Crippen LogP) is 3.61. The van der Waals surface area contributed by atoms with Gasteiger partial charge in [-0.05, 0) is 19.8 Å². The Morgan fingerprint density at radius 3 is 2.96 bits per heavy atom. The van der Waals surface area contributed by atoms with Gasteiger partial charge >= 0.3 is 6.03 Å². The van der Waals surface area contributed by atoms with Gasteiger partial charge < -0.3 is 9.88 Å². The molecule has 1 atom stereocenters. The summed E-state index contributed by atoms with van der Waals surface area (Å²) in [6.45, 7) is 2.72. The molecule has 128 valence electrons. The Bertz CT molecular complexity index is 861. The number of aryl methyl sites for hydroxylation is 1. The maximum absolute atomic E-state index is 12.6. The van der Waals surface area contributed by atoms with Crippen molar-refractivity contribution in [3.05, 3.63) is 47.4 Å². The molecule has 0 saturated carbocycles. The number of anilines is 1. The predicted molar refractivity (Wildman–Crippen MR) is 96.4 cm³/mol. The molecule has 0 spiro atoms. The lowest BCUT2D eigenvalue weighted by atomic mass is 10.1. The third-order valence-electron chi connectivity index (χ3n) is 4.35. The Hall–Kier alpha value is -2.74. The standard InChI is InChI=1S/C17H18N6OS/c1-11-14(12-6-3-2-4-7-12)20-15(19-11)13-8-5-9-23(13)17(24)21-16-22-18-10-25-16/h2-4,6-7,10,13H,5,8-9H2,1H3,(H,19,20)(H,21,22,24)/t13-/m1/s1. The molecule has 0 radical (unpaired) electrons. The second kappa shape index (κ2) is 6.64. The van der Waals surface area contributed by atoms with E-state index >= 15 is 0 Å². The van der Waals surface area contributed by atoms with Gasteiger partial charge in [0.05, 0.1) is 11.7 Å². The van der Waals surface area contributed by atoms with E-state index in [1.54, 1.807) is 5.51 Å². The number of hydrogen-bond donors (Lipinski definition) is 2. The summed E-state index contributed by atoms with van der Waals surface area (Å²) in [5.41, 5.74) is 4.62. The number of likely N-dealkylation sites (tertiary alicyclic amines) is 1. The van der Waals surface area contributed by atoms with E-state index in [1.165, 1.54) is 11.3 Å². The Kier molecular flexibility index (Phi) is 4.19. The summed E-state index contributed by atoms with van der Waals surface area (Å²) in [7, 11) is 0. The molecule has 2 aromatic heterocycles. The lowest BCUT2D eigenvalue weighted by Gasteiger charge is -2.22. The van der Waals surface area contributed by atoms with Gasteiger partial charge in [0.2, 0.25) is 5.13 Å². The quantitative estimate of drug-likeness (QED) is 0.752.